The lowest BCUT2D eigenvalue weighted by atomic mass is 10.1. The molecule has 0 aromatic rings. The number of esters is 1. The van der Waals surface area contributed by atoms with Gasteiger partial charge in [0.2, 0.25) is 0 Å². The van der Waals surface area contributed by atoms with Gasteiger partial charge in [0, 0.05) is 13.0 Å². The predicted octanol–water partition coefficient (Wildman–Crippen LogP) is 7.91. The average molecular weight is 618 g/mol. The summed E-state index contributed by atoms with van der Waals surface area (Å²) in [6.45, 7) is 4.99. The molecule has 2 unspecified atom stereocenters. The lowest BCUT2D eigenvalue weighted by molar-refractivity contribution is -0.870. The highest BCUT2D eigenvalue weighted by Gasteiger charge is 2.20. The van der Waals surface area contributed by atoms with Gasteiger partial charge in [-0.1, -0.05) is 95.9 Å². The summed E-state index contributed by atoms with van der Waals surface area (Å²) in [7, 11) is 1.34. The van der Waals surface area contributed by atoms with Crippen molar-refractivity contribution in [1.29, 1.82) is 0 Å². The third-order valence-electron chi connectivity index (χ3n) is 6.73. The van der Waals surface area contributed by atoms with Gasteiger partial charge >= 0.3 is 5.97 Å². The molecule has 0 bridgehead atoms. The van der Waals surface area contributed by atoms with Crippen molar-refractivity contribution in [1.82, 2.24) is 0 Å². The minimum atomic E-state index is -4.49. The first-order valence-corrected chi connectivity index (χ1v) is 18.0. The Labute approximate surface area is 258 Å². The van der Waals surface area contributed by atoms with E-state index in [2.05, 4.69) is 31.2 Å². The molecule has 0 aliphatic carbocycles. The Kier molecular flexibility index (Phi) is 26.9. The molecular weight excluding hydrogens is 553 g/mol. The summed E-state index contributed by atoms with van der Waals surface area (Å²) in [5.41, 5.74) is 0. The lowest BCUT2D eigenvalue weighted by Gasteiger charge is -2.28. The number of phosphoric acid groups is 1. The van der Waals surface area contributed by atoms with Gasteiger partial charge in [-0.2, -0.15) is 0 Å². The number of unbranched alkanes of at least 4 members (excludes halogenated alkanes) is 12. The van der Waals surface area contributed by atoms with Crippen LogP contribution in [0.15, 0.2) is 24.3 Å². The first-order chi connectivity index (χ1) is 20.1. The van der Waals surface area contributed by atoms with Crippen molar-refractivity contribution in [3.8, 4) is 0 Å². The van der Waals surface area contributed by atoms with Crippen LogP contribution in [0.4, 0.5) is 0 Å². The van der Waals surface area contributed by atoms with E-state index in [1.165, 1.54) is 77.0 Å². The van der Waals surface area contributed by atoms with Crippen LogP contribution in [0.1, 0.15) is 123 Å². The molecule has 0 aliphatic heterocycles. The highest BCUT2D eigenvalue weighted by molar-refractivity contribution is 7.45. The van der Waals surface area contributed by atoms with Gasteiger partial charge in [0.1, 0.15) is 19.3 Å². The molecule has 0 amide bonds. The molecule has 0 saturated heterocycles. The summed E-state index contributed by atoms with van der Waals surface area (Å²) in [4.78, 5) is 24.0. The van der Waals surface area contributed by atoms with Crippen molar-refractivity contribution in [2.45, 2.75) is 129 Å². The number of ether oxygens (including phenoxy) is 2. The van der Waals surface area contributed by atoms with Gasteiger partial charge in [-0.25, -0.2) is 0 Å². The molecule has 8 nitrogen and oxygen atoms in total. The van der Waals surface area contributed by atoms with Gasteiger partial charge in [0.05, 0.1) is 34.4 Å². The zero-order valence-electron chi connectivity index (χ0n) is 27.7. The Morgan fingerprint density at radius 1 is 0.738 bits per heavy atom. The maximum absolute atomic E-state index is 12.1. The van der Waals surface area contributed by atoms with Crippen LogP contribution in [0.2, 0.25) is 0 Å². The Bertz CT molecular complexity index is 736. The van der Waals surface area contributed by atoms with Crippen LogP contribution in [0.5, 0.6) is 0 Å². The molecule has 0 radical (unpaired) electrons. The first kappa shape index (κ1) is 41.0. The molecule has 0 aromatic heterocycles. The second-order valence-electron chi connectivity index (χ2n) is 12.2. The molecule has 9 heteroatoms. The van der Waals surface area contributed by atoms with E-state index in [1.54, 1.807) is 0 Å². The van der Waals surface area contributed by atoms with Crippen molar-refractivity contribution in [2.75, 3.05) is 54.1 Å². The standard InChI is InChI=1S/C33H64NO7P/c1-6-8-9-10-11-12-13-14-15-16-17-18-19-20-21-22-23-24-25-28-38-30-32(41-33(35)26-7-2)31-40-42(36,37)39-29-27-34(3,4)5/h12-13,15-16,32H,6-11,14,17-31H2,1-5H3/b13-12-,16-15-. The number of carbonyl (C=O) groups excluding carboxylic acids is 1. The molecule has 42 heavy (non-hydrogen) atoms. The van der Waals surface area contributed by atoms with Crippen molar-refractivity contribution in [3.63, 3.8) is 0 Å². The molecule has 0 aliphatic rings. The van der Waals surface area contributed by atoms with Crippen LogP contribution in [0.3, 0.4) is 0 Å². The Hall–Kier alpha value is -1.02. The molecule has 248 valence electrons. The van der Waals surface area contributed by atoms with Crippen LogP contribution in [0, 0.1) is 0 Å². The zero-order valence-corrected chi connectivity index (χ0v) is 28.6. The fraction of sp³-hybridized carbons (Fsp3) is 0.848. The van der Waals surface area contributed by atoms with Crippen LogP contribution < -0.4 is 4.89 Å². The number of hydrogen-bond acceptors (Lipinski definition) is 7. The monoisotopic (exact) mass is 617 g/mol. The number of carbonyl (C=O) groups is 1. The van der Waals surface area contributed by atoms with Gasteiger partial charge in [0.25, 0.3) is 7.82 Å². The summed E-state index contributed by atoms with van der Waals surface area (Å²) in [6, 6.07) is 0. The van der Waals surface area contributed by atoms with Crippen LogP contribution in [-0.2, 0) is 27.9 Å². The van der Waals surface area contributed by atoms with E-state index >= 15 is 0 Å². The molecule has 0 heterocycles. The number of likely N-dealkylation sites (N-methyl/N-ethyl adjacent to an activating group) is 1. The van der Waals surface area contributed by atoms with E-state index in [9.17, 15) is 14.3 Å². The molecule has 2 atom stereocenters. The van der Waals surface area contributed by atoms with E-state index in [0.29, 0.717) is 24.1 Å². The predicted molar refractivity (Wildman–Crippen MR) is 171 cm³/mol. The first-order valence-electron chi connectivity index (χ1n) is 16.6. The number of quaternary nitrogens is 1. The lowest BCUT2D eigenvalue weighted by Crippen LogP contribution is -2.37. The van der Waals surface area contributed by atoms with Gasteiger partial charge in [-0.15, -0.1) is 0 Å². The second-order valence-corrected chi connectivity index (χ2v) is 13.6. The molecule has 0 N–H and O–H groups in total. The third-order valence-corrected chi connectivity index (χ3v) is 7.69. The molecule has 0 spiro atoms. The highest BCUT2D eigenvalue weighted by Crippen LogP contribution is 2.38. The average Bonchev–Trinajstić information content (AvgIpc) is 2.91. The summed E-state index contributed by atoms with van der Waals surface area (Å²) in [5.74, 6) is -0.391. The number of rotatable bonds is 30. The van der Waals surface area contributed by atoms with E-state index in [-0.39, 0.29) is 26.2 Å². The van der Waals surface area contributed by atoms with Gasteiger partial charge in [-0.3, -0.25) is 9.36 Å². The zero-order chi connectivity index (χ0) is 31.4. The Morgan fingerprint density at radius 3 is 1.88 bits per heavy atom. The van der Waals surface area contributed by atoms with Crippen molar-refractivity contribution in [3.05, 3.63) is 24.3 Å². The van der Waals surface area contributed by atoms with Crippen LogP contribution in [-0.4, -0.2) is 70.7 Å². The van der Waals surface area contributed by atoms with Gasteiger partial charge in [0.15, 0.2) is 0 Å². The van der Waals surface area contributed by atoms with Gasteiger partial charge < -0.3 is 27.9 Å². The minimum Gasteiger partial charge on any atom is -0.756 e. The normalized spacial score (nSPS) is 14.5. The molecule has 0 fully saturated rings. The largest absolute Gasteiger partial charge is 0.756 e. The Morgan fingerprint density at radius 2 is 1.31 bits per heavy atom. The molecule has 0 saturated carbocycles. The Balaban J connectivity index is 3.89. The molecule has 0 aromatic carbocycles. The third kappa shape index (κ3) is 30.4. The summed E-state index contributed by atoms with van der Waals surface area (Å²) in [5, 5.41) is 0. The van der Waals surface area contributed by atoms with Crippen LogP contribution in [0.25, 0.3) is 0 Å². The maximum atomic E-state index is 12.1. The van der Waals surface area contributed by atoms with E-state index < -0.39 is 19.9 Å². The number of hydrogen-bond donors (Lipinski definition) is 0. The van der Waals surface area contributed by atoms with Crippen molar-refractivity contribution >= 4 is 13.8 Å². The number of phosphoric ester groups is 1. The molecular formula is C33H64NO7P. The topological polar surface area (TPSA) is 94.1 Å². The highest BCUT2D eigenvalue weighted by atomic mass is 31.2. The van der Waals surface area contributed by atoms with E-state index in [1.807, 2.05) is 28.1 Å². The number of allylic oxidation sites excluding steroid dienone is 4. The van der Waals surface area contributed by atoms with Gasteiger partial charge in [-0.05, 0) is 44.9 Å². The minimum absolute atomic E-state index is 0.0236. The van der Waals surface area contributed by atoms with E-state index in [0.717, 1.165) is 19.3 Å². The van der Waals surface area contributed by atoms with Crippen molar-refractivity contribution in [2.24, 2.45) is 0 Å². The quantitative estimate of drug-likeness (QED) is 0.0266. The van der Waals surface area contributed by atoms with Crippen LogP contribution >= 0.6 is 7.82 Å². The smallest absolute Gasteiger partial charge is 0.306 e. The van der Waals surface area contributed by atoms with E-state index in [4.69, 9.17) is 18.5 Å². The maximum Gasteiger partial charge on any atom is 0.306 e. The fourth-order valence-electron chi connectivity index (χ4n) is 4.14. The summed E-state index contributed by atoms with van der Waals surface area (Å²) in [6.07, 6.45) is 27.7. The summed E-state index contributed by atoms with van der Waals surface area (Å²) >= 11 is 0. The fourth-order valence-corrected chi connectivity index (χ4v) is 4.87. The summed E-state index contributed by atoms with van der Waals surface area (Å²) < 4.78 is 33.7. The van der Waals surface area contributed by atoms with Crippen molar-refractivity contribution < 1.29 is 37.3 Å². The SMILES string of the molecule is CCCCCC/C=C\C/C=C\CCCCCCCCCCOCC(COP(=O)([O-])OCC[N+](C)(C)C)OC(=O)CCC. The second kappa shape index (κ2) is 27.5. The molecule has 0 rings (SSSR count). The number of nitrogens with zero attached hydrogens (tertiary/aromatic N) is 1.